The molecule has 1 amide bonds. The van der Waals surface area contributed by atoms with E-state index in [4.69, 9.17) is 9.47 Å². The maximum absolute atomic E-state index is 12.5. The van der Waals surface area contributed by atoms with Crippen LogP contribution in [0.4, 0.5) is 0 Å². The molecule has 2 aliphatic carbocycles. The van der Waals surface area contributed by atoms with Crippen LogP contribution >= 0.6 is 0 Å². The van der Waals surface area contributed by atoms with Crippen LogP contribution in [0.15, 0.2) is 24.3 Å². The molecule has 23 heavy (non-hydrogen) atoms. The molecule has 4 atom stereocenters. The molecule has 0 aliphatic heterocycles. The van der Waals surface area contributed by atoms with Crippen LogP contribution in [0.25, 0.3) is 0 Å². The van der Waals surface area contributed by atoms with Gasteiger partial charge in [-0.15, -0.1) is 0 Å². The SMILES string of the molecule is COCOc1ccc(C2CC2C(=O)NC2CCCCC2C)cc1. The molecule has 0 radical (unpaired) electrons. The number of amides is 1. The van der Waals surface area contributed by atoms with Crippen molar-refractivity contribution >= 4 is 5.91 Å². The van der Waals surface area contributed by atoms with Gasteiger partial charge in [0.2, 0.25) is 5.91 Å². The first kappa shape index (κ1) is 16.3. The first-order valence-corrected chi connectivity index (χ1v) is 8.71. The molecule has 4 heteroatoms. The Balaban J connectivity index is 1.51. The van der Waals surface area contributed by atoms with E-state index >= 15 is 0 Å². The van der Waals surface area contributed by atoms with E-state index in [9.17, 15) is 4.79 Å². The molecule has 126 valence electrons. The van der Waals surface area contributed by atoms with E-state index in [-0.39, 0.29) is 18.6 Å². The minimum absolute atomic E-state index is 0.148. The molecular formula is C19H27NO3. The number of methoxy groups -OCH3 is 1. The van der Waals surface area contributed by atoms with Crippen molar-refractivity contribution in [2.24, 2.45) is 11.8 Å². The standard InChI is InChI=1S/C19H27NO3/c1-13-5-3-4-6-18(13)20-19(21)17-11-16(17)14-7-9-15(10-8-14)23-12-22-2/h7-10,13,16-18H,3-6,11-12H2,1-2H3,(H,20,21). The van der Waals surface area contributed by atoms with Crippen LogP contribution in [0.2, 0.25) is 0 Å². The molecule has 1 aromatic carbocycles. The molecule has 2 fully saturated rings. The summed E-state index contributed by atoms with van der Waals surface area (Å²) in [6.07, 6.45) is 5.88. The van der Waals surface area contributed by atoms with Crippen molar-refractivity contribution in [1.82, 2.24) is 5.32 Å². The monoisotopic (exact) mass is 317 g/mol. The molecule has 0 bridgehead atoms. The smallest absolute Gasteiger partial charge is 0.223 e. The number of carbonyl (C=O) groups is 1. The topological polar surface area (TPSA) is 47.6 Å². The fraction of sp³-hybridized carbons (Fsp3) is 0.632. The van der Waals surface area contributed by atoms with Crippen LogP contribution in [0.5, 0.6) is 5.75 Å². The predicted molar refractivity (Wildman–Crippen MR) is 89.4 cm³/mol. The molecular weight excluding hydrogens is 290 g/mol. The fourth-order valence-corrected chi connectivity index (χ4v) is 3.61. The first-order chi connectivity index (χ1) is 11.2. The van der Waals surface area contributed by atoms with Gasteiger partial charge in [-0.1, -0.05) is 31.9 Å². The summed E-state index contributed by atoms with van der Waals surface area (Å²) in [4.78, 5) is 12.5. The minimum Gasteiger partial charge on any atom is -0.468 e. The van der Waals surface area contributed by atoms with Crippen LogP contribution in [-0.2, 0) is 9.53 Å². The number of hydrogen-bond acceptors (Lipinski definition) is 3. The zero-order valence-corrected chi connectivity index (χ0v) is 14.1. The Morgan fingerprint density at radius 2 is 1.96 bits per heavy atom. The quantitative estimate of drug-likeness (QED) is 0.817. The molecule has 4 unspecified atom stereocenters. The summed E-state index contributed by atoms with van der Waals surface area (Å²) in [5.41, 5.74) is 1.23. The fourth-order valence-electron chi connectivity index (χ4n) is 3.61. The maximum atomic E-state index is 12.5. The summed E-state index contributed by atoms with van der Waals surface area (Å²) in [5.74, 6) is 2.17. The Labute approximate surface area is 138 Å². The van der Waals surface area contributed by atoms with E-state index in [1.54, 1.807) is 7.11 Å². The van der Waals surface area contributed by atoms with E-state index in [1.165, 1.54) is 24.8 Å². The third kappa shape index (κ3) is 4.05. The van der Waals surface area contributed by atoms with Crippen LogP contribution in [0.1, 0.15) is 50.5 Å². The van der Waals surface area contributed by atoms with Crippen LogP contribution in [0, 0.1) is 11.8 Å². The van der Waals surface area contributed by atoms with Gasteiger partial charge < -0.3 is 14.8 Å². The third-order valence-electron chi connectivity index (χ3n) is 5.22. The van der Waals surface area contributed by atoms with Gasteiger partial charge in [0.05, 0.1) is 0 Å². The van der Waals surface area contributed by atoms with Crippen LogP contribution in [0.3, 0.4) is 0 Å². The van der Waals surface area contributed by atoms with Crippen molar-refractivity contribution in [2.75, 3.05) is 13.9 Å². The molecule has 1 N–H and O–H groups in total. The van der Waals surface area contributed by atoms with Crippen LogP contribution < -0.4 is 10.1 Å². The maximum Gasteiger partial charge on any atom is 0.223 e. The van der Waals surface area contributed by atoms with Crippen LogP contribution in [-0.4, -0.2) is 25.9 Å². The minimum atomic E-state index is 0.148. The molecule has 0 spiro atoms. The molecule has 1 aromatic rings. The number of benzene rings is 1. The summed E-state index contributed by atoms with van der Waals surface area (Å²) >= 11 is 0. The summed E-state index contributed by atoms with van der Waals surface area (Å²) < 4.78 is 10.3. The van der Waals surface area contributed by atoms with E-state index in [0.29, 0.717) is 17.9 Å². The highest BCUT2D eigenvalue weighted by molar-refractivity contribution is 5.83. The second-order valence-corrected chi connectivity index (χ2v) is 6.95. The summed E-state index contributed by atoms with van der Waals surface area (Å²) in [6, 6.07) is 8.40. The lowest BCUT2D eigenvalue weighted by Gasteiger charge is -2.29. The van der Waals surface area contributed by atoms with Gasteiger partial charge in [-0.25, -0.2) is 0 Å². The number of nitrogens with one attached hydrogen (secondary N) is 1. The van der Waals surface area contributed by atoms with E-state index in [2.05, 4.69) is 24.4 Å². The Morgan fingerprint density at radius 1 is 1.22 bits per heavy atom. The number of rotatable bonds is 6. The van der Waals surface area contributed by atoms with E-state index < -0.39 is 0 Å². The highest BCUT2D eigenvalue weighted by Crippen LogP contribution is 2.48. The van der Waals surface area contributed by atoms with Gasteiger partial charge in [-0.2, -0.15) is 0 Å². The Kier molecular flexibility index (Phi) is 5.21. The van der Waals surface area contributed by atoms with Crippen molar-refractivity contribution in [3.8, 4) is 5.75 Å². The third-order valence-corrected chi connectivity index (χ3v) is 5.22. The lowest BCUT2D eigenvalue weighted by molar-refractivity contribution is -0.123. The molecule has 2 saturated carbocycles. The molecule has 0 aromatic heterocycles. The second kappa shape index (κ2) is 7.35. The molecule has 4 nitrogen and oxygen atoms in total. The average molecular weight is 317 g/mol. The van der Waals surface area contributed by atoms with Gasteiger partial charge in [0, 0.05) is 19.1 Å². The molecule has 0 saturated heterocycles. The van der Waals surface area contributed by atoms with Gasteiger partial charge in [0.25, 0.3) is 0 Å². The Bertz CT molecular complexity index is 528. The second-order valence-electron chi connectivity index (χ2n) is 6.95. The van der Waals surface area contributed by atoms with Crippen molar-refractivity contribution in [3.05, 3.63) is 29.8 Å². The first-order valence-electron chi connectivity index (χ1n) is 8.71. The lowest BCUT2D eigenvalue weighted by atomic mass is 9.86. The predicted octanol–water partition coefficient (Wildman–Crippen LogP) is 3.47. The van der Waals surface area contributed by atoms with Gasteiger partial charge in [-0.05, 0) is 48.8 Å². The normalized spacial score (nSPS) is 29.8. The van der Waals surface area contributed by atoms with Gasteiger partial charge in [-0.3, -0.25) is 4.79 Å². The largest absolute Gasteiger partial charge is 0.468 e. The molecule has 3 rings (SSSR count). The summed E-state index contributed by atoms with van der Waals surface area (Å²) in [6.45, 7) is 2.51. The van der Waals surface area contributed by atoms with Crippen molar-refractivity contribution in [1.29, 1.82) is 0 Å². The number of hydrogen-bond donors (Lipinski definition) is 1. The molecule has 2 aliphatic rings. The number of carbonyl (C=O) groups excluding carboxylic acids is 1. The van der Waals surface area contributed by atoms with Crippen molar-refractivity contribution < 1.29 is 14.3 Å². The van der Waals surface area contributed by atoms with Gasteiger partial charge >= 0.3 is 0 Å². The number of ether oxygens (including phenoxy) is 2. The van der Waals surface area contributed by atoms with Gasteiger partial charge in [0.15, 0.2) is 6.79 Å². The highest BCUT2D eigenvalue weighted by atomic mass is 16.7. The molecule has 0 heterocycles. The Morgan fingerprint density at radius 3 is 2.65 bits per heavy atom. The van der Waals surface area contributed by atoms with E-state index in [1.807, 2.05) is 12.1 Å². The lowest BCUT2D eigenvalue weighted by Crippen LogP contribution is -2.41. The Hall–Kier alpha value is -1.55. The zero-order valence-electron chi connectivity index (χ0n) is 14.1. The van der Waals surface area contributed by atoms with Crippen molar-refractivity contribution in [3.63, 3.8) is 0 Å². The summed E-state index contributed by atoms with van der Waals surface area (Å²) in [5, 5.41) is 3.29. The highest BCUT2D eigenvalue weighted by Gasteiger charge is 2.44. The average Bonchev–Trinajstić information content (AvgIpc) is 3.36. The van der Waals surface area contributed by atoms with E-state index in [0.717, 1.165) is 18.6 Å². The summed E-state index contributed by atoms with van der Waals surface area (Å²) in [7, 11) is 1.61. The zero-order chi connectivity index (χ0) is 16.2. The van der Waals surface area contributed by atoms with Crippen molar-refractivity contribution in [2.45, 2.75) is 51.0 Å². The van der Waals surface area contributed by atoms with Gasteiger partial charge in [0.1, 0.15) is 5.75 Å².